The van der Waals surface area contributed by atoms with Gasteiger partial charge in [0, 0.05) is 5.69 Å². The van der Waals surface area contributed by atoms with E-state index in [1.165, 1.54) is 12.1 Å². The number of nitrogens with two attached hydrogens (primary N) is 1. The van der Waals surface area contributed by atoms with Crippen molar-refractivity contribution in [2.75, 3.05) is 5.73 Å². The highest BCUT2D eigenvalue weighted by atomic mass is 35.5. The standard InChI is InChI=1S/C14H9ClN2O3/c15-11-6-9(17)5-10(14(18)19)13(11)20-12-4-2-1-3-8(12)7-16/h1-6H,17H2,(H,18,19). The van der Waals surface area contributed by atoms with Crippen LogP contribution < -0.4 is 10.5 Å². The average molecular weight is 289 g/mol. The fraction of sp³-hybridized carbons (Fsp3) is 0. The predicted molar refractivity (Wildman–Crippen MR) is 74.1 cm³/mol. The lowest BCUT2D eigenvalue weighted by Gasteiger charge is -2.12. The molecule has 20 heavy (non-hydrogen) atoms. The minimum atomic E-state index is -1.22. The number of carbonyl (C=O) groups is 1. The van der Waals surface area contributed by atoms with Gasteiger partial charge in [-0.2, -0.15) is 5.26 Å². The number of aromatic carboxylic acids is 1. The molecule has 0 radical (unpaired) electrons. The smallest absolute Gasteiger partial charge is 0.339 e. The maximum atomic E-state index is 11.2. The summed E-state index contributed by atoms with van der Waals surface area (Å²) in [5, 5.41) is 18.2. The van der Waals surface area contributed by atoms with Gasteiger partial charge in [0.05, 0.1) is 10.6 Å². The number of carboxylic acid groups (broad SMARTS) is 1. The van der Waals surface area contributed by atoms with E-state index >= 15 is 0 Å². The van der Waals surface area contributed by atoms with Crippen LogP contribution in [0.15, 0.2) is 36.4 Å². The first-order valence-corrected chi connectivity index (χ1v) is 5.90. The molecule has 5 nitrogen and oxygen atoms in total. The van der Waals surface area contributed by atoms with E-state index in [-0.39, 0.29) is 33.3 Å². The van der Waals surface area contributed by atoms with Crippen molar-refractivity contribution in [1.82, 2.24) is 0 Å². The minimum Gasteiger partial charge on any atom is -0.478 e. The average Bonchev–Trinajstić information content (AvgIpc) is 2.41. The lowest BCUT2D eigenvalue weighted by atomic mass is 10.1. The fourth-order valence-electron chi connectivity index (χ4n) is 1.63. The number of hydrogen-bond donors (Lipinski definition) is 2. The highest BCUT2D eigenvalue weighted by Gasteiger charge is 2.18. The molecule has 0 saturated heterocycles. The molecule has 0 amide bonds. The summed E-state index contributed by atoms with van der Waals surface area (Å²) >= 11 is 5.97. The third-order valence-electron chi connectivity index (χ3n) is 2.52. The Kier molecular flexibility index (Phi) is 3.78. The molecule has 0 unspecified atom stereocenters. The Morgan fingerprint density at radius 3 is 2.70 bits per heavy atom. The Morgan fingerprint density at radius 1 is 1.35 bits per heavy atom. The van der Waals surface area contributed by atoms with Crippen molar-refractivity contribution in [2.24, 2.45) is 0 Å². The molecule has 0 aliphatic heterocycles. The van der Waals surface area contributed by atoms with Crippen LogP contribution in [0.5, 0.6) is 11.5 Å². The quantitative estimate of drug-likeness (QED) is 0.845. The summed E-state index contributed by atoms with van der Waals surface area (Å²) < 4.78 is 5.49. The van der Waals surface area contributed by atoms with Gasteiger partial charge in [-0.3, -0.25) is 0 Å². The van der Waals surface area contributed by atoms with Gasteiger partial charge in [0.2, 0.25) is 0 Å². The Balaban J connectivity index is 2.54. The zero-order valence-corrected chi connectivity index (χ0v) is 10.9. The summed E-state index contributed by atoms with van der Waals surface area (Å²) in [6.07, 6.45) is 0. The van der Waals surface area contributed by atoms with Gasteiger partial charge in [-0.25, -0.2) is 4.79 Å². The van der Waals surface area contributed by atoms with E-state index in [9.17, 15) is 4.79 Å². The number of hydrogen-bond acceptors (Lipinski definition) is 4. The zero-order chi connectivity index (χ0) is 14.7. The molecular weight excluding hydrogens is 280 g/mol. The molecule has 0 bridgehead atoms. The topological polar surface area (TPSA) is 96.3 Å². The van der Waals surface area contributed by atoms with E-state index in [1.54, 1.807) is 24.3 Å². The number of nitriles is 1. The van der Waals surface area contributed by atoms with Gasteiger partial charge in [-0.15, -0.1) is 0 Å². The minimum absolute atomic E-state index is 0.0453. The van der Waals surface area contributed by atoms with Crippen molar-refractivity contribution in [2.45, 2.75) is 0 Å². The Labute approximate surface area is 119 Å². The van der Waals surface area contributed by atoms with Crippen LogP contribution in [0.1, 0.15) is 15.9 Å². The van der Waals surface area contributed by atoms with E-state index < -0.39 is 5.97 Å². The number of anilines is 1. The van der Waals surface area contributed by atoms with Gasteiger partial charge in [-0.05, 0) is 24.3 Å². The largest absolute Gasteiger partial charge is 0.478 e. The zero-order valence-electron chi connectivity index (χ0n) is 10.1. The van der Waals surface area contributed by atoms with E-state index in [0.717, 1.165) is 0 Å². The van der Waals surface area contributed by atoms with Crippen LogP contribution in [0.25, 0.3) is 0 Å². The van der Waals surface area contributed by atoms with Crippen molar-refractivity contribution in [3.63, 3.8) is 0 Å². The van der Waals surface area contributed by atoms with Crippen molar-refractivity contribution < 1.29 is 14.6 Å². The normalized spacial score (nSPS) is 9.80. The second-order valence-electron chi connectivity index (χ2n) is 3.89. The molecule has 0 saturated carbocycles. The van der Waals surface area contributed by atoms with Crippen LogP contribution in [0.3, 0.4) is 0 Å². The number of benzene rings is 2. The molecule has 0 heterocycles. The van der Waals surface area contributed by atoms with Gasteiger partial charge in [0.1, 0.15) is 17.4 Å². The van der Waals surface area contributed by atoms with Crippen molar-refractivity contribution in [3.8, 4) is 17.6 Å². The molecule has 2 aromatic carbocycles. The monoisotopic (exact) mass is 288 g/mol. The highest BCUT2D eigenvalue weighted by molar-refractivity contribution is 6.33. The van der Waals surface area contributed by atoms with E-state index in [4.69, 9.17) is 32.4 Å². The van der Waals surface area contributed by atoms with E-state index in [1.807, 2.05) is 6.07 Å². The predicted octanol–water partition coefficient (Wildman–Crippen LogP) is 3.28. The van der Waals surface area contributed by atoms with Crippen LogP contribution >= 0.6 is 11.6 Å². The molecule has 0 aliphatic rings. The fourth-order valence-corrected chi connectivity index (χ4v) is 1.90. The van der Waals surface area contributed by atoms with Crippen LogP contribution in [-0.4, -0.2) is 11.1 Å². The van der Waals surface area contributed by atoms with E-state index in [0.29, 0.717) is 0 Å². The lowest BCUT2D eigenvalue weighted by Crippen LogP contribution is -2.03. The molecule has 3 N–H and O–H groups in total. The van der Waals surface area contributed by atoms with Gasteiger partial charge < -0.3 is 15.6 Å². The summed E-state index contributed by atoms with van der Waals surface area (Å²) in [5.74, 6) is -1.04. The molecule has 0 spiro atoms. The summed E-state index contributed by atoms with van der Waals surface area (Å²) in [4.78, 5) is 11.2. The summed E-state index contributed by atoms with van der Waals surface area (Å²) in [6.45, 7) is 0. The molecular formula is C14H9ClN2O3. The first-order valence-electron chi connectivity index (χ1n) is 5.52. The number of carboxylic acids is 1. The molecule has 100 valence electrons. The molecule has 6 heteroatoms. The summed E-state index contributed by atoms with van der Waals surface area (Å²) in [7, 11) is 0. The van der Waals surface area contributed by atoms with E-state index in [2.05, 4.69) is 0 Å². The second-order valence-corrected chi connectivity index (χ2v) is 4.30. The third-order valence-corrected chi connectivity index (χ3v) is 2.80. The maximum absolute atomic E-state index is 11.2. The molecule has 0 aromatic heterocycles. The number of nitrogen functional groups attached to an aromatic ring is 1. The van der Waals surface area contributed by atoms with Crippen LogP contribution in [0, 0.1) is 11.3 Å². The molecule has 2 aromatic rings. The molecule has 2 rings (SSSR count). The van der Waals surface area contributed by atoms with Crippen molar-refractivity contribution in [1.29, 1.82) is 5.26 Å². The summed E-state index contributed by atoms with van der Waals surface area (Å²) in [6, 6.07) is 11.0. The first-order chi connectivity index (χ1) is 9.52. The second kappa shape index (κ2) is 5.51. The molecule has 0 fully saturated rings. The van der Waals surface area contributed by atoms with Crippen LogP contribution in [0.4, 0.5) is 5.69 Å². The SMILES string of the molecule is N#Cc1ccccc1Oc1c(Cl)cc(N)cc1C(=O)O. The van der Waals surface area contributed by atoms with Crippen molar-refractivity contribution in [3.05, 3.63) is 52.5 Å². The van der Waals surface area contributed by atoms with Gasteiger partial charge in [-0.1, -0.05) is 23.7 Å². The number of para-hydroxylation sites is 1. The third kappa shape index (κ3) is 2.66. The lowest BCUT2D eigenvalue weighted by molar-refractivity contribution is 0.0694. The van der Waals surface area contributed by atoms with Crippen molar-refractivity contribution >= 4 is 23.3 Å². The number of nitrogens with zero attached hydrogens (tertiary/aromatic N) is 1. The van der Waals surface area contributed by atoms with Crippen LogP contribution in [0.2, 0.25) is 5.02 Å². The Morgan fingerprint density at radius 2 is 2.05 bits per heavy atom. The maximum Gasteiger partial charge on any atom is 0.339 e. The number of halogens is 1. The number of rotatable bonds is 3. The van der Waals surface area contributed by atoms with Gasteiger partial charge >= 0.3 is 5.97 Å². The van der Waals surface area contributed by atoms with Crippen LogP contribution in [-0.2, 0) is 0 Å². The van der Waals surface area contributed by atoms with Gasteiger partial charge in [0.15, 0.2) is 5.75 Å². The first kappa shape index (κ1) is 13.7. The Hall–Kier alpha value is -2.71. The highest BCUT2D eigenvalue weighted by Crippen LogP contribution is 2.36. The molecule has 0 atom stereocenters. The molecule has 0 aliphatic carbocycles. The summed E-state index contributed by atoms with van der Waals surface area (Å²) in [5.41, 5.74) is 5.89. The number of ether oxygens (including phenoxy) is 1. The Bertz CT molecular complexity index is 723. The van der Waals surface area contributed by atoms with Gasteiger partial charge in [0.25, 0.3) is 0 Å².